The molecule has 0 N–H and O–H groups in total. The molecule has 8 heteroatoms. The fraction of sp³-hybridized carbons (Fsp3) is 0.368. The van der Waals surface area contributed by atoms with Crippen LogP contribution in [0, 0.1) is 6.92 Å². The Bertz CT molecular complexity index is 1140. The van der Waals surface area contributed by atoms with Gasteiger partial charge < -0.3 is 0 Å². The third-order valence-electron chi connectivity index (χ3n) is 4.96. The van der Waals surface area contributed by atoms with Gasteiger partial charge in [0, 0.05) is 11.8 Å². The molecular weight excluding hydrogens is 378 g/mol. The zero-order valence-corrected chi connectivity index (χ0v) is 16.6. The highest BCUT2D eigenvalue weighted by Crippen LogP contribution is 2.36. The SMILES string of the molecule is Cc1cc(=O)n2nc(CN3CCCCC3c3nc4ccccc4s3)sc2n1. The van der Waals surface area contributed by atoms with Crippen LogP contribution in [0.15, 0.2) is 35.1 Å². The molecule has 6 nitrogen and oxygen atoms in total. The van der Waals surface area contributed by atoms with Crippen LogP contribution in [0.4, 0.5) is 0 Å². The van der Waals surface area contributed by atoms with Gasteiger partial charge >= 0.3 is 0 Å². The first-order valence-electron chi connectivity index (χ1n) is 9.13. The lowest BCUT2D eigenvalue weighted by molar-refractivity contribution is 0.140. The van der Waals surface area contributed by atoms with E-state index in [9.17, 15) is 4.79 Å². The summed E-state index contributed by atoms with van der Waals surface area (Å²) in [5.41, 5.74) is 1.70. The molecule has 1 atom stereocenters. The Kier molecular flexibility index (Phi) is 4.26. The number of fused-ring (bicyclic) bond motifs is 2. The summed E-state index contributed by atoms with van der Waals surface area (Å²) in [4.78, 5) is 24.6. The molecular formula is C19H19N5OS2. The number of benzene rings is 1. The first-order chi connectivity index (χ1) is 13.2. The number of para-hydroxylation sites is 1. The highest BCUT2D eigenvalue weighted by Gasteiger charge is 2.27. The molecule has 0 radical (unpaired) electrons. The molecule has 27 heavy (non-hydrogen) atoms. The number of piperidine rings is 1. The summed E-state index contributed by atoms with van der Waals surface area (Å²) in [6.07, 6.45) is 3.52. The average molecular weight is 398 g/mol. The predicted molar refractivity (Wildman–Crippen MR) is 108 cm³/mol. The minimum Gasteiger partial charge on any atom is -0.287 e. The van der Waals surface area contributed by atoms with Crippen molar-refractivity contribution in [1.29, 1.82) is 0 Å². The molecule has 1 fully saturated rings. The number of aryl methyl sites for hydroxylation is 1. The summed E-state index contributed by atoms with van der Waals surface area (Å²) in [7, 11) is 0. The lowest BCUT2D eigenvalue weighted by atomic mass is 10.0. The van der Waals surface area contributed by atoms with E-state index in [4.69, 9.17) is 4.98 Å². The Hall–Kier alpha value is -2.16. The number of nitrogens with zero attached hydrogens (tertiary/aromatic N) is 5. The Labute approximate surface area is 164 Å². The lowest BCUT2D eigenvalue weighted by Gasteiger charge is -2.33. The summed E-state index contributed by atoms with van der Waals surface area (Å²) in [5, 5.41) is 6.63. The van der Waals surface area contributed by atoms with Gasteiger partial charge in [0.15, 0.2) is 0 Å². The van der Waals surface area contributed by atoms with Gasteiger partial charge in [-0.15, -0.1) is 11.3 Å². The van der Waals surface area contributed by atoms with Gasteiger partial charge in [-0.05, 0) is 38.4 Å². The van der Waals surface area contributed by atoms with Crippen molar-refractivity contribution < 1.29 is 0 Å². The van der Waals surface area contributed by atoms with Gasteiger partial charge in [0.2, 0.25) is 4.96 Å². The van der Waals surface area contributed by atoms with Crippen LogP contribution >= 0.6 is 22.7 Å². The van der Waals surface area contributed by atoms with E-state index < -0.39 is 0 Å². The van der Waals surface area contributed by atoms with Crippen molar-refractivity contribution in [1.82, 2.24) is 24.5 Å². The maximum absolute atomic E-state index is 12.1. The maximum atomic E-state index is 12.1. The summed E-state index contributed by atoms with van der Waals surface area (Å²) in [5.74, 6) is 0. The molecule has 4 heterocycles. The molecule has 4 aromatic rings. The second-order valence-electron chi connectivity index (χ2n) is 6.93. The topological polar surface area (TPSA) is 63.4 Å². The normalized spacial score (nSPS) is 18.5. The second-order valence-corrected chi connectivity index (χ2v) is 9.03. The van der Waals surface area contributed by atoms with Gasteiger partial charge in [0.1, 0.15) is 10.0 Å². The van der Waals surface area contributed by atoms with Crippen LogP contribution in [0.25, 0.3) is 15.2 Å². The van der Waals surface area contributed by atoms with E-state index in [0.717, 1.165) is 35.7 Å². The minimum absolute atomic E-state index is 0.110. The molecule has 138 valence electrons. The summed E-state index contributed by atoms with van der Waals surface area (Å²) in [6.45, 7) is 3.60. The van der Waals surface area contributed by atoms with Crippen LogP contribution in [-0.4, -0.2) is 31.0 Å². The Morgan fingerprint density at radius 1 is 1.19 bits per heavy atom. The summed E-state index contributed by atoms with van der Waals surface area (Å²) < 4.78 is 2.66. The lowest BCUT2D eigenvalue weighted by Crippen LogP contribution is -2.33. The third kappa shape index (κ3) is 3.18. The van der Waals surface area contributed by atoms with Gasteiger partial charge in [-0.2, -0.15) is 9.61 Å². The first kappa shape index (κ1) is 17.0. The van der Waals surface area contributed by atoms with Crippen molar-refractivity contribution in [2.45, 2.75) is 38.8 Å². The van der Waals surface area contributed by atoms with Crippen LogP contribution in [0.1, 0.15) is 41.0 Å². The number of hydrogen-bond donors (Lipinski definition) is 0. The molecule has 0 spiro atoms. The average Bonchev–Trinajstić information content (AvgIpc) is 3.26. The molecule has 0 aliphatic carbocycles. The summed E-state index contributed by atoms with van der Waals surface area (Å²) in [6, 6.07) is 10.2. The zero-order valence-electron chi connectivity index (χ0n) is 15.0. The van der Waals surface area contributed by atoms with E-state index in [-0.39, 0.29) is 5.56 Å². The van der Waals surface area contributed by atoms with Crippen LogP contribution in [0.2, 0.25) is 0 Å². The van der Waals surface area contributed by atoms with E-state index >= 15 is 0 Å². The van der Waals surface area contributed by atoms with Crippen LogP contribution in [-0.2, 0) is 6.54 Å². The number of hydrogen-bond acceptors (Lipinski definition) is 7. The standard InChI is InChI=1S/C19H19N5OS2/c1-12-10-17(25)24-19(20-12)27-16(22-24)11-23-9-5-4-7-14(23)18-21-13-6-2-3-8-15(13)26-18/h2-3,6,8,10,14H,4-5,7,9,11H2,1H3. The fourth-order valence-electron chi connectivity index (χ4n) is 3.69. The van der Waals surface area contributed by atoms with Gasteiger partial charge in [-0.3, -0.25) is 9.69 Å². The zero-order chi connectivity index (χ0) is 18.4. The van der Waals surface area contributed by atoms with Crippen molar-refractivity contribution >= 4 is 37.9 Å². The monoisotopic (exact) mass is 397 g/mol. The van der Waals surface area contributed by atoms with Crippen molar-refractivity contribution in [3.8, 4) is 0 Å². The molecule has 0 bridgehead atoms. The van der Waals surface area contributed by atoms with Crippen LogP contribution < -0.4 is 5.56 Å². The molecule has 1 aliphatic heterocycles. The van der Waals surface area contributed by atoms with Gasteiger partial charge in [0.25, 0.3) is 5.56 Å². The van der Waals surface area contributed by atoms with Crippen LogP contribution in [0.5, 0.6) is 0 Å². The molecule has 1 aromatic carbocycles. The Morgan fingerprint density at radius 3 is 2.96 bits per heavy atom. The summed E-state index contributed by atoms with van der Waals surface area (Å²) >= 11 is 3.29. The molecule has 1 aliphatic rings. The first-order valence-corrected chi connectivity index (χ1v) is 10.8. The van der Waals surface area contributed by atoms with E-state index in [1.54, 1.807) is 11.3 Å². The predicted octanol–water partition coefficient (Wildman–Crippen LogP) is 3.80. The largest absolute Gasteiger partial charge is 0.287 e. The van der Waals surface area contributed by atoms with Crippen LogP contribution in [0.3, 0.4) is 0 Å². The molecule has 5 rings (SSSR count). The smallest absolute Gasteiger partial charge is 0.275 e. The Morgan fingerprint density at radius 2 is 2.07 bits per heavy atom. The fourth-order valence-corrected chi connectivity index (χ4v) is 5.80. The molecule has 0 saturated carbocycles. The molecule has 3 aromatic heterocycles. The molecule has 0 amide bonds. The van der Waals surface area contributed by atoms with E-state index in [1.807, 2.05) is 13.0 Å². The number of aromatic nitrogens is 4. The molecule has 1 saturated heterocycles. The maximum Gasteiger partial charge on any atom is 0.275 e. The quantitative estimate of drug-likeness (QED) is 0.526. The van der Waals surface area contributed by atoms with Gasteiger partial charge in [-0.25, -0.2) is 9.97 Å². The number of rotatable bonds is 3. The highest BCUT2D eigenvalue weighted by molar-refractivity contribution is 7.18. The van der Waals surface area contributed by atoms with E-state index in [2.05, 4.69) is 33.2 Å². The third-order valence-corrected chi connectivity index (χ3v) is 6.99. The van der Waals surface area contributed by atoms with Crippen molar-refractivity contribution in [3.63, 3.8) is 0 Å². The number of likely N-dealkylation sites (tertiary alicyclic amines) is 1. The number of thiazole rings is 1. The van der Waals surface area contributed by atoms with E-state index in [1.165, 1.54) is 44.5 Å². The van der Waals surface area contributed by atoms with Gasteiger partial charge in [0.05, 0.1) is 22.8 Å². The van der Waals surface area contributed by atoms with Crippen molar-refractivity contribution in [2.75, 3.05) is 6.54 Å². The van der Waals surface area contributed by atoms with Crippen molar-refractivity contribution in [2.24, 2.45) is 0 Å². The van der Waals surface area contributed by atoms with E-state index in [0.29, 0.717) is 11.0 Å². The van der Waals surface area contributed by atoms with Gasteiger partial charge in [-0.1, -0.05) is 29.9 Å². The minimum atomic E-state index is -0.110. The second kappa shape index (κ2) is 6.78. The molecule has 1 unspecified atom stereocenters. The van der Waals surface area contributed by atoms with Crippen molar-refractivity contribution in [3.05, 3.63) is 56.4 Å². The Balaban J connectivity index is 1.47. The highest BCUT2D eigenvalue weighted by atomic mass is 32.1.